The molecule has 4 rings (SSSR count). The number of aliphatic imine (C=N–C) groups is 2. The molecule has 34 heavy (non-hydrogen) atoms. The maximum atomic E-state index is 14.4. The van der Waals surface area contributed by atoms with E-state index in [1.807, 2.05) is 0 Å². The van der Waals surface area contributed by atoms with E-state index in [9.17, 15) is 18.4 Å². The molecule has 0 aromatic heterocycles. The Morgan fingerprint density at radius 3 is 2.71 bits per heavy atom. The van der Waals surface area contributed by atoms with Crippen LogP contribution in [0.4, 0.5) is 24.5 Å². The highest BCUT2D eigenvalue weighted by Gasteiger charge is 2.38. The Bertz CT molecular complexity index is 1210. The van der Waals surface area contributed by atoms with Crippen LogP contribution in [0.15, 0.2) is 76.1 Å². The number of dihydropyridines is 1. The summed E-state index contributed by atoms with van der Waals surface area (Å²) in [5.41, 5.74) is 9.11. The second-order valence-corrected chi connectivity index (χ2v) is 8.31. The zero-order chi connectivity index (χ0) is 24.5. The Kier molecular flexibility index (Phi) is 6.50. The molecule has 0 amide bonds. The summed E-state index contributed by atoms with van der Waals surface area (Å²) in [6.45, 7) is -1.31. The fourth-order valence-electron chi connectivity index (χ4n) is 3.79. The Morgan fingerprint density at radius 2 is 2.03 bits per heavy atom. The monoisotopic (exact) mass is 490 g/mol. The van der Waals surface area contributed by atoms with Crippen LogP contribution >= 0.6 is 11.6 Å². The van der Waals surface area contributed by atoms with Gasteiger partial charge in [-0.15, -0.1) is 0 Å². The molecule has 2 heterocycles. The van der Waals surface area contributed by atoms with Crippen molar-refractivity contribution in [2.24, 2.45) is 9.98 Å². The average Bonchev–Trinajstić information content (AvgIpc) is 2.79. The summed E-state index contributed by atoms with van der Waals surface area (Å²) in [6.07, 6.45) is -0.618. The van der Waals surface area contributed by atoms with Gasteiger partial charge in [-0.3, -0.25) is 15.0 Å². The number of hydroxylamine groups is 2. The van der Waals surface area contributed by atoms with Gasteiger partial charge in [-0.2, -0.15) is 13.2 Å². The number of anilines is 1. The molecule has 0 fully saturated rings. The number of alkyl halides is 3. The highest BCUT2D eigenvalue weighted by molar-refractivity contribution is 6.30. The van der Waals surface area contributed by atoms with Crippen molar-refractivity contribution in [2.75, 3.05) is 25.9 Å². The number of hydrogen-bond acceptors (Lipinski definition) is 6. The first-order chi connectivity index (χ1) is 16.1. The Morgan fingerprint density at radius 1 is 1.29 bits per heavy atom. The van der Waals surface area contributed by atoms with Crippen molar-refractivity contribution >= 4 is 34.9 Å². The molecule has 0 bridgehead atoms. The topological polar surface area (TPSA) is 97.9 Å². The van der Waals surface area contributed by atoms with Crippen molar-refractivity contribution in [1.82, 2.24) is 15.3 Å². The minimum absolute atomic E-state index is 0.0973. The third-order valence-corrected chi connectivity index (χ3v) is 5.68. The van der Waals surface area contributed by atoms with Crippen LogP contribution in [-0.4, -0.2) is 44.4 Å². The lowest BCUT2D eigenvalue weighted by molar-refractivity contribution is -0.125. The minimum atomic E-state index is -4.39. The van der Waals surface area contributed by atoms with Crippen molar-refractivity contribution < 1.29 is 13.2 Å². The quantitative estimate of drug-likeness (QED) is 0.254. The Labute approximate surface area is 199 Å². The molecule has 0 saturated heterocycles. The number of benzene rings is 2. The summed E-state index contributed by atoms with van der Waals surface area (Å²) in [6, 6.07) is 11.7. The smallest absolute Gasteiger partial charge is 0.401 e. The summed E-state index contributed by atoms with van der Waals surface area (Å²) >= 11 is 6.01. The van der Waals surface area contributed by atoms with Gasteiger partial charge < -0.3 is 16.3 Å². The zero-order valence-corrected chi connectivity index (χ0v) is 18.9. The van der Waals surface area contributed by atoms with E-state index in [2.05, 4.69) is 20.6 Å². The van der Waals surface area contributed by atoms with E-state index in [1.165, 1.54) is 6.08 Å². The predicted octanol–water partition coefficient (Wildman–Crippen LogP) is 4.09. The highest BCUT2D eigenvalue weighted by atomic mass is 35.5. The third kappa shape index (κ3) is 5.00. The molecule has 178 valence electrons. The van der Waals surface area contributed by atoms with Crippen molar-refractivity contribution in [3.63, 3.8) is 0 Å². The van der Waals surface area contributed by atoms with Crippen LogP contribution in [0.5, 0.6) is 0 Å². The van der Waals surface area contributed by atoms with Crippen LogP contribution in [0.25, 0.3) is 0 Å². The van der Waals surface area contributed by atoms with Gasteiger partial charge in [-0.1, -0.05) is 17.7 Å². The van der Waals surface area contributed by atoms with Crippen LogP contribution in [-0.2, 0) is 0 Å². The van der Waals surface area contributed by atoms with Crippen LogP contribution in [0.1, 0.15) is 11.1 Å². The molecule has 2 aliphatic rings. The van der Waals surface area contributed by atoms with Crippen LogP contribution in [0, 0.1) is 5.21 Å². The number of nitrogen functional groups attached to an aromatic ring is 1. The number of nitrogens with one attached hydrogen (secondary N) is 2. The molecular formula is C23H22ClF3N6O. The summed E-state index contributed by atoms with van der Waals surface area (Å²) in [5.74, 6) is 0.138. The van der Waals surface area contributed by atoms with Crippen molar-refractivity contribution in [1.29, 1.82) is 0 Å². The van der Waals surface area contributed by atoms with Gasteiger partial charge in [-0.25, -0.2) is 4.99 Å². The number of rotatable bonds is 5. The van der Waals surface area contributed by atoms with Crippen LogP contribution in [0.3, 0.4) is 0 Å². The minimum Gasteiger partial charge on any atom is -0.620 e. The number of quaternary nitrogens is 1. The SMILES string of the molecule is CN=Cc1cc(C2=NC3=C(NC(NCC(F)(F)F)C=C3)[N+]([O-])(c3ccc(Cl)cc3)C2)ccc1N. The van der Waals surface area contributed by atoms with E-state index in [0.29, 0.717) is 38.9 Å². The standard InChI is InChI=1S/C23H22ClF3N6O/c1-29-11-15-10-14(2-7-18(15)28)20-12-33(34,17-5-3-16(24)4-6-17)22-19(31-20)8-9-21(32-22)30-13-23(25,26)27/h2-11,21,30,32H,12-13,28H2,1H3. The van der Waals surface area contributed by atoms with E-state index < -0.39 is 23.5 Å². The molecule has 7 nitrogen and oxygen atoms in total. The summed E-state index contributed by atoms with van der Waals surface area (Å²) in [7, 11) is 1.63. The molecule has 2 unspecified atom stereocenters. The molecule has 2 atom stereocenters. The van der Waals surface area contributed by atoms with Gasteiger partial charge in [0.1, 0.15) is 29.8 Å². The van der Waals surface area contributed by atoms with Gasteiger partial charge in [0, 0.05) is 47.2 Å². The van der Waals surface area contributed by atoms with E-state index in [-0.39, 0.29) is 12.4 Å². The lowest BCUT2D eigenvalue weighted by Crippen LogP contribution is -2.58. The predicted molar refractivity (Wildman–Crippen MR) is 130 cm³/mol. The molecule has 4 N–H and O–H groups in total. The highest BCUT2D eigenvalue weighted by Crippen LogP contribution is 2.35. The van der Waals surface area contributed by atoms with E-state index in [1.54, 1.807) is 61.8 Å². The van der Waals surface area contributed by atoms with Crippen molar-refractivity contribution in [3.05, 3.63) is 87.5 Å². The second-order valence-electron chi connectivity index (χ2n) is 7.87. The van der Waals surface area contributed by atoms with E-state index >= 15 is 0 Å². The zero-order valence-electron chi connectivity index (χ0n) is 18.1. The average molecular weight is 491 g/mol. The summed E-state index contributed by atoms with van der Waals surface area (Å²) < 4.78 is 37.1. The molecule has 0 spiro atoms. The first kappa shape index (κ1) is 24.0. The van der Waals surface area contributed by atoms with Gasteiger partial charge in [0.25, 0.3) is 0 Å². The van der Waals surface area contributed by atoms with Crippen molar-refractivity contribution in [2.45, 2.75) is 12.3 Å². The molecule has 2 aromatic rings. The molecular weight excluding hydrogens is 469 g/mol. The summed E-state index contributed by atoms with van der Waals surface area (Å²) in [4.78, 5) is 8.66. The van der Waals surface area contributed by atoms with Gasteiger partial charge in [-0.05, 0) is 36.4 Å². The Hall–Kier alpha value is -3.18. The number of nitrogens with two attached hydrogens (primary N) is 1. The lowest BCUT2D eigenvalue weighted by Gasteiger charge is -2.47. The number of nitrogens with zero attached hydrogens (tertiary/aromatic N) is 3. The van der Waals surface area contributed by atoms with Crippen LogP contribution in [0.2, 0.25) is 5.02 Å². The first-order valence-corrected chi connectivity index (χ1v) is 10.7. The van der Waals surface area contributed by atoms with Gasteiger partial charge >= 0.3 is 6.18 Å². The first-order valence-electron chi connectivity index (χ1n) is 10.3. The molecule has 0 radical (unpaired) electrons. The van der Waals surface area contributed by atoms with Crippen LogP contribution < -0.4 is 21.0 Å². The fourth-order valence-corrected chi connectivity index (χ4v) is 3.92. The third-order valence-electron chi connectivity index (χ3n) is 5.42. The summed E-state index contributed by atoms with van der Waals surface area (Å²) in [5, 5.41) is 20.1. The second kappa shape index (κ2) is 9.22. The molecule has 2 aliphatic heterocycles. The molecule has 11 heteroatoms. The number of halogens is 4. The van der Waals surface area contributed by atoms with E-state index in [4.69, 9.17) is 17.3 Å². The van der Waals surface area contributed by atoms with Gasteiger partial charge in [0.05, 0.1) is 6.54 Å². The largest absolute Gasteiger partial charge is 0.620 e. The van der Waals surface area contributed by atoms with Gasteiger partial charge in [0.15, 0.2) is 0 Å². The number of allylic oxidation sites excluding steroid dienone is 1. The molecule has 0 saturated carbocycles. The Balaban J connectivity index is 1.76. The number of hydrogen-bond donors (Lipinski definition) is 3. The maximum Gasteiger partial charge on any atom is 0.401 e. The molecule has 2 aromatic carbocycles. The lowest BCUT2D eigenvalue weighted by atomic mass is 10.0. The van der Waals surface area contributed by atoms with Gasteiger partial charge in [0.2, 0.25) is 5.82 Å². The maximum absolute atomic E-state index is 14.4. The normalized spacial score (nSPS) is 22.5. The van der Waals surface area contributed by atoms with Crippen molar-refractivity contribution in [3.8, 4) is 0 Å². The molecule has 0 aliphatic carbocycles. The fraction of sp³-hybridized carbons (Fsp3) is 0.217. The van der Waals surface area contributed by atoms with E-state index in [0.717, 1.165) is 0 Å².